The Labute approximate surface area is 148 Å². The average molecular weight is 352 g/mol. The lowest BCUT2D eigenvalue weighted by Crippen LogP contribution is -2.41. The molecular formula is C17H29N5OS. The van der Waals surface area contributed by atoms with Gasteiger partial charge in [-0.2, -0.15) is 0 Å². The van der Waals surface area contributed by atoms with Gasteiger partial charge in [-0.15, -0.1) is 11.3 Å². The molecule has 6 nitrogen and oxygen atoms in total. The van der Waals surface area contributed by atoms with Gasteiger partial charge in [0.05, 0.1) is 10.7 Å². The van der Waals surface area contributed by atoms with E-state index in [9.17, 15) is 4.79 Å². The Morgan fingerprint density at radius 2 is 2.00 bits per heavy atom. The van der Waals surface area contributed by atoms with Crippen LogP contribution >= 0.6 is 11.3 Å². The zero-order chi connectivity index (χ0) is 17.4. The Balaban J connectivity index is 1.71. The van der Waals surface area contributed by atoms with Gasteiger partial charge in [0.15, 0.2) is 5.96 Å². The van der Waals surface area contributed by atoms with E-state index in [1.165, 1.54) is 10.6 Å². The maximum atomic E-state index is 11.6. The quantitative estimate of drug-likeness (QED) is 0.359. The Morgan fingerprint density at radius 1 is 1.25 bits per heavy atom. The molecule has 1 aromatic heterocycles. The molecule has 134 valence electrons. The molecule has 0 saturated heterocycles. The van der Waals surface area contributed by atoms with Gasteiger partial charge in [-0.05, 0) is 33.1 Å². The number of amides is 1. The summed E-state index contributed by atoms with van der Waals surface area (Å²) in [6.07, 6.45) is 3.93. The van der Waals surface area contributed by atoms with Crippen LogP contribution in [-0.4, -0.2) is 43.0 Å². The lowest BCUT2D eigenvalue weighted by molar-refractivity contribution is -0.122. The maximum Gasteiger partial charge on any atom is 0.223 e. The van der Waals surface area contributed by atoms with Gasteiger partial charge in [0, 0.05) is 43.4 Å². The number of guanidine groups is 1. The lowest BCUT2D eigenvalue weighted by atomic mass is 10.3. The van der Waals surface area contributed by atoms with Crippen LogP contribution in [0, 0.1) is 12.8 Å². The monoisotopic (exact) mass is 351 g/mol. The van der Waals surface area contributed by atoms with E-state index in [2.05, 4.69) is 39.8 Å². The Bertz CT molecular complexity index is 565. The summed E-state index contributed by atoms with van der Waals surface area (Å²) in [4.78, 5) is 22.1. The molecule has 0 unspecified atom stereocenters. The molecule has 1 heterocycles. The number of aliphatic imine (C=N–C) groups is 1. The molecule has 1 aromatic rings. The van der Waals surface area contributed by atoms with E-state index in [1.807, 2.05) is 6.92 Å². The van der Waals surface area contributed by atoms with E-state index >= 15 is 0 Å². The van der Waals surface area contributed by atoms with E-state index in [0.29, 0.717) is 19.6 Å². The highest BCUT2D eigenvalue weighted by molar-refractivity contribution is 7.11. The maximum absolute atomic E-state index is 11.6. The summed E-state index contributed by atoms with van der Waals surface area (Å²) in [5.41, 5.74) is 1.20. The van der Waals surface area contributed by atoms with Crippen LogP contribution in [-0.2, 0) is 17.6 Å². The molecule has 1 aliphatic rings. The molecule has 0 atom stereocenters. The van der Waals surface area contributed by atoms with Crippen LogP contribution in [0.25, 0.3) is 0 Å². The highest BCUT2D eigenvalue weighted by atomic mass is 32.1. The van der Waals surface area contributed by atoms with Crippen molar-refractivity contribution in [3.63, 3.8) is 0 Å². The van der Waals surface area contributed by atoms with Crippen LogP contribution in [0.4, 0.5) is 0 Å². The third-order valence-corrected chi connectivity index (χ3v) is 4.95. The minimum Gasteiger partial charge on any atom is -0.357 e. The van der Waals surface area contributed by atoms with E-state index in [4.69, 9.17) is 0 Å². The smallest absolute Gasteiger partial charge is 0.223 e. The summed E-state index contributed by atoms with van der Waals surface area (Å²) in [6.45, 7) is 9.15. The van der Waals surface area contributed by atoms with Gasteiger partial charge in [-0.3, -0.25) is 9.79 Å². The summed E-state index contributed by atoms with van der Waals surface area (Å²) < 4.78 is 0. The molecule has 24 heavy (non-hydrogen) atoms. The van der Waals surface area contributed by atoms with Crippen molar-refractivity contribution in [1.82, 2.24) is 20.9 Å². The second-order valence-electron chi connectivity index (χ2n) is 5.97. The molecule has 1 fully saturated rings. The predicted octanol–water partition coefficient (Wildman–Crippen LogP) is 1.64. The average Bonchev–Trinajstić information content (AvgIpc) is 3.35. The van der Waals surface area contributed by atoms with Crippen LogP contribution in [0.1, 0.15) is 42.3 Å². The fourth-order valence-electron chi connectivity index (χ4n) is 2.38. The summed E-state index contributed by atoms with van der Waals surface area (Å²) in [7, 11) is 0. The minimum atomic E-state index is 0.185. The Morgan fingerprint density at radius 3 is 2.62 bits per heavy atom. The summed E-state index contributed by atoms with van der Waals surface area (Å²) in [5.74, 6) is 1.24. The number of hydrogen-bond acceptors (Lipinski definition) is 4. The number of carbonyl (C=O) groups excluding carboxylic acids is 1. The molecule has 0 aliphatic heterocycles. The molecule has 7 heteroatoms. The first kappa shape index (κ1) is 18.7. The van der Waals surface area contributed by atoms with Gasteiger partial charge in [0.1, 0.15) is 0 Å². The number of nitrogens with zero attached hydrogens (tertiary/aromatic N) is 2. The molecule has 0 aromatic carbocycles. The first-order valence-electron chi connectivity index (χ1n) is 8.89. The van der Waals surface area contributed by atoms with E-state index in [1.54, 1.807) is 11.3 Å². The number of aryl methyl sites for hydroxylation is 2. The second-order valence-corrected chi connectivity index (χ2v) is 7.25. The minimum absolute atomic E-state index is 0.185. The van der Waals surface area contributed by atoms with E-state index < -0.39 is 0 Å². The molecular weight excluding hydrogens is 322 g/mol. The number of nitrogens with one attached hydrogen (secondary N) is 3. The first-order chi connectivity index (χ1) is 11.6. The van der Waals surface area contributed by atoms with Crippen LogP contribution in [0.3, 0.4) is 0 Å². The van der Waals surface area contributed by atoms with E-state index in [-0.39, 0.29) is 11.8 Å². The largest absolute Gasteiger partial charge is 0.357 e. The standard InChI is InChI=1S/C17H29N5OS/c1-4-14-12(3)24-15(22-14)8-9-20-17(18-5-2)21-11-10-19-16(23)13-6-7-13/h13H,4-11H2,1-3H3,(H,19,23)(H2,18,20,21). The highest BCUT2D eigenvalue weighted by Crippen LogP contribution is 2.28. The fraction of sp³-hybridized carbons (Fsp3) is 0.706. The van der Waals surface area contributed by atoms with Crippen LogP contribution in [0.15, 0.2) is 4.99 Å². The third kappa shape index (κ3) is 6.11. The normalized spacial score (nSPS) is 14.5. The lowest BCUT2D eigenvalue weighted by Gasteiger charge is -2.11. The van der Waals surface area contributed by atoms with Gasteiger partial charge in [0.2, 0.25) is 5.91 Å². The zero-order valence-corrected chi connectivity index (χ0v) is 15.8. The van der Waals surface area contributed by atoms with Gasteiger partial charge < -0.3 is 16.0 Å². The van der Waals surface area contributed by atoms with Crippen molar-refractivity contribution in [2.45, 2.75) is 46.5 Å². The van der Waals surface area contributed by atoms with Crippen molar-refractivity contribution in [1.29, 1.82) is 0 Å². The number of thiazole rings is 1. The van der Waals surface area contributed by atoms with Crippen LogP contribution in [0.2, 0.25) is 0 Å². The van der Waals surface area contributed by atoms with Crippen molar-refractivity contribution in [3.05, 3.63) is 15.6 Å². The van der Waals surface area contributed by atoms with Gasteiger partial charge in [-0.25, -0.2) is 4.98 Å². The number of aromatic nitrogens is 1. The second kappa shape index (κ2) is 9.61. The van der Waals surface area contributed by atoms with Gasteiger partial charge in [0.25, 0.3) is 0 Å². The third-order valence-electron chi connectivity index (χ3n) is 3.88. The summed E-state index contributed by atoms with van der Waals surface area (Å²) >= 11 is 1.77. The van der Waals surface area contributed by atoms with Crippen molar-refractivity contribution in [2.24, 2.45) is 10.9 Å². The Kier molecular flexibility index (Phi) is 7.49. The SMILES string of the molecule is CCNC(=NCCc1nc(CC)c(C)s1)NCCNC(=O)C1CC1. The number of carbonyl (C=O) groups is 1. The first-order valence-corrected chi connectivity index (χ1v) is 9.70. The summed E-state index contributed by atoms with van der Waals surface area (Å²) in [6, 6.07) is 0. The number of hydrogen-bond donors (Lipinski definition) is 3. The zero-order valence-electron chi connectivity index (χ0n) is 14.9. The highest BCUT2D eigenvalue weighted by Gasteiger charge is 2.28. The van der Waals surface area contributed by atoms with Crippen molar-refractivity contribution in [2.75, 3.05) is 26.2 Å². The number of rotatable bonds is 9. The van der Waals surface area contributed by atoms with Crippen LogP contribution in [0.5, 0.6) is 0 Å². The van der Waals surface area contributed by atoms with Crippen molar-refractivity contribution < 1.29 is 4.79 Å². The molecule has 0 spiro atoms. The van der Waals surface area contributed by atoms with Gasteiger partial charge in [-0.1, -0.05) is 6.92 Å². The molecule has 1 aliphatic carbocycles. The van der Waals surface area contributed by atoms with Crippen LogP contribution < -0.4 is 16.0 Å². The fourth-order valence-corrected chi connectivity index (χ4v) is 3.39. The topological polar surface area (TPSA) is 78.4 Å². The molecule has 2 rings (SSSR count). The summed E-state index contributed by atoms with van der Waals surface area (Å²) in [5, 5.41) is 10.6. The Hall–Kier alpha value is -1.63. The van der Waals surface area contributed by atoms with Crippen molar-refractivity contribution >= 4 is 23.2 Å². The predicted molar refractivity (Wildman–Crippen MR) is 99.6 cm³/mol. The molecule has 0 bridgehead atoms. The van der Waals surface area contributed by atoms with Crippen molar-refractivity contribution in [3.8, 4) is 0 Å². The molecule has 1 saturated carbocycles. The molecule has 0 radical (unpaired) electrons. The molecule has 3 N–H and O–H groups in total. The molecule has 1 amide bonds. The van der Waals surface area contributed by atoms with E-state index in [0.717, 1.165) is 43.2 Å². The van der Waals surface area contributed by atoms with Gasteiger partial charge >= 0.3 is 0 Å².